The third kappa shape index (κ3) is 3.11. The third-order valence-corrected chi connectivity index (χ3v) is 5.20. The van der Waals surface area contributed by atoms with Crippen LogP contribution in [0.25, 0.3) is 11.0 Å². The first kappa shape index (κ1) is 18.4. The molecule has 2 N–H and O–H groups in total. The van der Waals surface area contributed by atoms with Gasteiger partial charge in [0.15, 0.2) is 0 Å². The number of benzene rings is 1. The summed E-state index contributed by atoms with van der Waals surface area (Å²) in [5.41, 5.74) is 2.76. The molecule has 0 bridgehead atoms. The Bertz CT molecular complexity index is 1050. The van der Waals surface area contributed by atoms with Gasteiger partial charge in [0.05, 0.1) is 23.7 Å². The van der Waals surface area contributed by atoms with Crippen LogP contribution in [-0.2, 0) is 0 Å². The smallest absolute Gasteiger partial charge is 0.292 e. The minimum atomic E-state index is -0.414. The fraction of sp³-hybridized carbons (Fsp3) is 0.333. The summed E-state index contributed by atoms with van der Waals surface area (Å²) < 4.78 is 20.4. The van der Waals surface area contributed by atoms with Gasteiger partial charge < -0.3 is 19.7 Å². The molecule has 1 saturated heterocycles. The largest absolute Gasteiger partial charge is 0.448 e. The van der Waals surface area contributed by atoms with E-state index >= 15 is 0 Å². The SMILES string of the molecule is Cc1ccc(Nc2c(C(=O)N3CCCC3CO)oc3c(C)cncc23)c(F)c1. The molecule has 0 radical (unpaired) electrons. The number of carbonyl (C=O) groups is 1. The molecular weight excluding hydrogens is 361 g/mol. The summed E-state index contributed by atoms with van der Waals surface area (Å²) in [5.74, 6) is -0.628. The van der Waals surface area contributed by atoms with E-state index in [2.05, 4.69) is 10.3 Å². The molecule has 146 valence electrons. The van der Waals surface area contributed by atoms with Crippen molar-refractivity contribution in [2.45, 2.75) is 32.7 Å². The van der Waals surface area contributed by atoms with E-state index in [1.165, 1.54) is 6.07 Å². The van der Waals surface area contributed by atoms with Gasteiger partial charge in [-0.05, 0) is 44.4 Å². The highest BCUT2D eigenvalue weighted by Crippen LogP contribution is 2.36. The molecular formula is C21H22FN3O3. The van der Waals surface area contributed by atoms with Gasteiger partial charge in [-0.25, -0.2) is 4.39 Å². The van der Waals surface area contributed by atoms with Gasteiger partial charge in [0.2, 0.25) is 5.76 Å². The molecule has 1 aliphatic rings. The number of nitrogens with one attached hydrogen (secondary N) is 1. The van der Waals surface area contributed by atoms with E-state index in [1.807, 2.05) is 13.8 Å². The molecule has 1 aliphatic heterocycles. The fourth-order valence-electron chi connectivity index (χ4n) is 3.70. The predicted molar refractivity (Wildman–Crippen MR) is 104 cm³/mol. The summed E-state index contributed by atoms with van der Waals surface area (Å²) in [5, 5.41) is 13.2. The monoisotopic (exact) mass is 383 g/mol. The van der Waals surface area contributed by atoms with Crippen LogP contribution in [0.2, 0.25) is 0 Å². The fourth-order valence-corrected chi connectivity index (χ4v) is 3.70. The lowest BCUT2D eigenvalue weighted by atomic mass is 10.1. The molecule has 1 amide bonds. The zero-order chi connectivity index (χ0) is 19.8. The first-order chi connectivity index (χ1) is 13.5. The maximum absolute atomic E-state index is 14.4. The van der Waals surface area contributed by atoms with Gasteiger partial charge in [-0.1, -0.05) is 6.07 Å². The number of halogens is 1. The van der Waals surface area contributed by atoms with E-state index in [4.69, 9.17) is 4.42 Å². The molecule has 3 aromatic rings. The second-order valence-corrected chi connectivity index (χ2v) is 7.22. The van der Waals surface area contributed by atoms with Gasteiger partial charge in [0.1, 0.15) is 17.1 Å². The highest BCUT2D eigenvalue weighted by Gasteiger charge is 2.33. The molecule has 0 spiro atoms. The summed E-state index contributed by atoms with van der Waals surface area (Å²) >= 11 is 0. The van der Waals surface area contributed by atoms with Gasteiger partial charge in [-0.2, -0.15) is 0 Å². The van der Waals surface area contributed by atoms with Crippen molar-refractivity contribution >= 4 is 28.3 Å². The zero-order valence-electron chi connectivity index (χ0n) is 15.8. The number of aliphatic hydroxyl groups excluding tert-OH is 1. The lowest BCUT2D eigenvalue weighted by Crippen LogP contribution is -2.37. The number of furan rings is 1. The molecule has 6 nitrogen and oxygen atoms in total. The quantitative estimate of drug-likeness (QED) is 0.714. The Morgan fingerprint density at radius 1 is 1.39 bits per heavy atom. The number of likely N-dealkylation sites (tertiary alicyclic amines) is 1. The normalized spacial score (nSPS) is 16.7. The van der Waals surface area contributed by atoms with Crippen LogP contribution in [0, 0.1) is 19.7 Å². The molecule has 7 heteroatoms. The molecule has 1 atom stereocenters. The average Bonchev–Trinajstić information content (AvgIpc) is 3.29. The Hall–Kier alpha value is -2.93. The van der Waals surface area contributed by atoms with Crippen molar-refractivity contribution in [3.8, 4) is 0 Å². The number of rotatable bonds is 4. The van der Waals surface area contributed by atoms with Crippen LogP contribution >= 0.6 is 0 Å². The summed E-state index contributed by atoms with van der Waals surface area (Å²) in [6, 6.07) is 4.62. The number of fused-ring (bicyclic) bond motifs is 1. The summed E-state index contributed by atoms with van der Waals surface area (Å²) in [6.07, 6.45) is 4.83. The van der Waals surface area contributed by atoms with Gasteiger partial charge >= 0.3 is 0 Å². The number of anilines is 2. The van der Waals surface area contributed by atoms with Gasteiger partial charge in [-0.15, -0.1) is 0 Å². The minimum Gasteiger partial charge on any atom is -0.448 e. The summed E-state index contributed by atoms with van der Waals surface area (Å²) in [4.78, 5) is 19.0. The van der Waals surface area contributed by atoms with Crippen molar-refractivity contribution in [3.05, 3.63) is 53.3 Å². The lowest BCUT2D eigenvalue weighted by Gasteiger charge is -2.22. The van der Waals surface area contributed by atoms with Crippen LogP contribution in [-0.4, -0.2) is 40.1 Å². The van der Waals surface area contributed by atoms with E-state index in [1.54, 1.807) is 29.4 Å². The first-order valence-electron chi connectivity index (χ1n) is 9.31. The zero-order valence-corrected chi connectivity index (χ0v) is 15.8. The van der Waals surface area contributed by atoms with Crippen LogP contribution < -0.4 is 5.32 Å². The number of aliphatic hydroxyl groups is 1. The van der Waals surface area contributed by atoms with Crippen molar-refractivity contribution < 1.29 is 18.7 Å². The number of aryl methyl sites for hydroxylation is 2. The molecule has 0 saturated carbocycles. The predicted octanol–water partition coefficient (Wildman–Crippen LogP) is 3.92. The topological polar surface area (TPSA) is 78.6 Å². The minimum absolute atomic E-state index is 0.0953. The standard InChI is InChI=1S/C21H22FN3O3/c1-12-5-6-17(16(22)8-12)24-18-15-10-23-9-13(2)19(15)28-20(18)21(27)25-7-3-4-14(25)11-26/h5-6,8-10,14,24,26H,3-4,7,11H2,1-2H3. The molecule has 2 aromatic heterocycles. The highest BCUT2D eigenvalue weighted by molar-refractivity contribution is 6.07. The summed E-state index contributed by atoms with van der Waals surface area (Å²) in [6.45, 7) is 4.11. The van der Waals surface area contributed by atoms with Gasteiger partial charge in [0.25, 0.3) is 5.91 Å². The number of hydrogen-bond donors (Lipinski definition) is 2. The second kappa shape index (κ2) is 7.24. The van der Waals surface area contributed by atoms with E-state index in [0.29, 0.717) is 23.2 Å². The van der Waals surface area contributed by atoms with Crippen molar-refractivity contribution in [1.82, 2.24) is 9.88 Å². The summed E-state index contributed by atoms with van der Waals surface area (Å²) in [7, 11) is 0. The first-order valence-corrected chi connectivity index (χ1v) is 9.31. The van der Waals surface area contributed by atoms with Crippen LogP contribution in [0.1, 0.15) is 34.5 Å². The van der Waals surface area contributed by atoms with Crippen molar-refractivity contribution in [2.24, 2.45) is 0 Å². The van der Waals surface area contributed by atoms with Crippen LogP contribution in [0.15, 0.2) is 35.0 Å². The van der Waals surface area contributed by atoms with E-state index in [0.717, 1.165) is 24.0 Å². The van der Waals surface area contributed by atoms with Crippen molar-refractivity contribution in [1.29, 1.82) is 0 Å². The molecule has 0 aliphatic carbocycles. The molecule has 1 fully saturated rings. The lowest BCUT2D eigenvalue weighted by molar-refractivity contribution is 0.0649. The Labute approximate surface area is 162 Å². The highest BCUT2D eigenvalue weighted by atomic mass is 19.1. The van der Waals surface area contributed by atoms with Gasteiger partial charge in [-0.3, -0.25) is 9.78 Å². The van der Waals surface area contributed by atoms with E-state index in [9.17, 15) is 14.3 Å². The van der Waals surface area contributed by atoms with Crippen LogP contribution in [0.3, 0.4) is 0 Å². The number of nitrogens with zero attached hydrogens (tertiary/aromatic N) is 2. The Kier molecular flexibility index (Phi) is 4.77. The van der Waals surface area contributed by atoms with E-state index in [-0.39, 0.29) is 30.0 Å². The molecule has 4 rings (SSSR count). The maximum Gasteiger partial charge on any atom is 0.292 e. The Balaban J connectivity index is 1.82. The van der Waals surface area contributed by atoms with Crippen molar-refractivity contribution in [3.63, 3.8) is 0 Å². The average molecular weight is 383 g/mol. The number of hydrogen-bond acceptors (Lipinski definition) is 5. The number of aromatic nitrogens is 1. The molecule has 28 heavy (non-hydrogen) atoms. The maximum atomic E-state index is 14.4. The Morgan fingerprint density at radius 3 is 2.96 bits per heavy atom. The van der Waals surface area contributed by atoms with Crippen LogP contribution in [0.4, 0.5) is 15.8 Å². The number of pyridine rings is 1. The number of amides is 1. The van der Waals surface area contributed by atoms with Crippen LogP contribution in [0.5, 0.6) is 0 Å². The van der Waals surface area contributed by atoms with Gasteiger partial charge in [0, 0.05) is 24.5 Å². The van der Waals surface area contributed by atoms with Crippen molar-refractivity contribution in [2.75, 3.05) is 18.5 Å². The third-order valence-electron chi connectivity index (χ3n) is 5.20. The second-order valence-electron chi connectivity index (χ2n) is 7.22. The molecule has 3 heterocycles. The molecule has 1 aromatic carbocycles. The Morgan fingerprint density at radius 2 is 2.21 bits per heavy atom. The van der Waals surface area contributed by atoms with E-state index < -0.39 is 5.82 Å². The number of carbonyl (C=O) groups excluding carboxylic acids is 1. The molecule has 1 unspecified atom stereocenters.